The average molecular weight is 319 g/mol. The summed E-state index contributed by atoms with van der Waals surface area (Å²) in [6.45, 7) is 4.89. The third kappa shape index (κ3) is 5.63. The minimum Gasteiger partial charge on any atom is -0.356 e. The molecule has 0 aromatic heterocycles. The van der Waals surface area contributed by atoms with E-state index >= 15 is 0 Å². The first-order chi connectivity index (χ1) is 9.85. The van der Waals surface area contributed by atoms with Crippen molar-refractivity contribution in [3.8, 4) is 0 Å². The van der Waals surface area contributed by atoms with Gasteiger partial charge in [0, 0.05) is 19.5 Å². The molecule has 2 amide bonds. The van der Waals surface area contributed by atoms with E-state index in [1.54, 1.807) is 0 Å². The molecule has 0 unspecified atom stereocenters. The van der Waals surface area contributed by atoms with Crippen LogP contribution >= 0.6 is 11.6 Å². The van der Waals surface area contributed by atoms with Gasteiger partial charge in [0.1, 0.15) is 11.9 Å². The average Bonchev–Trinajstić information content (AvgIpc) is 2.81. The van der Waals surface area contributed by atoms with Crippen molar-refractivity contribution in [2.24, 2.45) is 11.8 Å². The number of ketones is 1. The maximum absolute atomic E-state index is 12.2. The number of carbonyl (C=O) groups is 3. The van der Waals surface area contributed by atoms with Gasteiger partial charge in [0.2, 0.25) is 17.6 Å². The van der Waals surface area contributed by atoms with Crippen LogP contribution in [0.3, 0.4) is 0 Å². The molecule has 0 radical (unpaired) electrons. The predicted octanol–water partition coefficient (Wildman–Crippen LogP) is -0.584. The number of amides is 2. The number of nitrogens with one attached hydrogen (secondary N) is 1. The molecule has 0 bridgehead atoms. The van der Waals surface area contributed by atoms with Crippen LogP contribution in [0.2, 0.25) is 0 Å². The van der Waals surface area contributed by atoms with Gasteiger partial charge in [-0.15, -0.1) is 11.6 Å². The Morgan fingerprint density at radius 2 is 2.14 bits per heavy atom. The molecule has 7 heteroatoms. The largest absolute Gasteiger partial charge is 0.356 e. The van der Waals surface area contributed by atoms with Crippen LogP contribution in [0.25, 0.3) is 0 Å². The van der Waals surface area contributed by atoms with Crippen molar-refractivity contribution in [1.29, 1.82) is 0 Å². The Bertz CT molecular complexity index is 401. The molecule has 0 saturated carbocycles. The van der Waals surface area contributed by atoms with Gasteiger partial charge in [0.05, 0.1) is 12.5 Å². The van der Waals surface area contributed by atoms with Crippen LogP contribution in [0.4, 0.5) is 0 Å². The molecular formula is C14H25ClN3O3+. The molecule has 21 heavy (non-hydrogen) atoms. The molecule has 0 aliphatic carbocycles. The van der Waals surface area contributed by atoms with E-state index in [9.17, 15) is 14.4 Å². The predicted molar refractivity (Wildman–Crippen MR) is 79.6 cm³/mol. The van der Waals surface area contributed by atoms with Crippen molar-refractivity contribution in [1.82, 2.24) is 10.2 Å². The lowest BCUT2D eigenvalue weighted by Crippen LogP contribution is -2.67. The lowest BCUT2D eigenvalue weighted by molar-refractivity contribution is -0.406. The maximum Gasteiger partial charge on any atom is 0.237 e. The van der Waals surface area contributed by atoms with Gasteiger partial charge in [-0.2, -0.15) is 0 Å². The normalized spacial score (nSPS) is 19.5. The summed E-state index contributed by atoms with van der Waals surface area (Å²) in [6.07, 6.45) is 1.37. The van der Waals surface area contributed by atoms with Crippen molar-refractivity contribution in [2.75, 3.05) is 25.5 Å². The summed E-state index contributed by atoms with van der Waals surface area (Å²) in [7, 11) is 0. The van der Waals surface area contributed by atoms with E-state index in [0.29, 0.717) is 25.3 Å². The second kappa shape index (κ2) is 8.34. The van der Waals surface area contributed by atoms with Crippen LogP contribution in [-0.2, 0) is 14.4 Å². The first-order valence-corrected chi connectivity index (χ1v) is 7.85. The van der Waals surface area contributed by atoms with Crippen molar-refractivity contribution >= 4 is 29.2 Å². The van der Waals surface area contributed by atoms with Crippen molar-refractivity contribution in [2.45, 2.75) is 32.7 Å². The van der Waals surface area contributed by atoms with Crippen LogP contribution in [0.5, 0.6) is 0 Å². The van der Waals surface area contributed by atoms with Crippen LogP contribution in [0.1, 0.15) is 26.7 Å². The highest BCUT2D eigenvalue weighted by molar-refractivity contribution is 6.27. The van der Waals surface area contributed by atoms with Crippen LogP contribution in [0.15, 0.2) is 0 Å². The number of nitrogens with zero attached hydrogens (tertiary/aromatic N) is 1. The van der Waals surface area contributed by atoms with Crippen LogP contribution in [0, 0.1) is 11.8 Å². The smallest absolute Gasteiger partial charge is 0.237 e. The van der Waals surface area contributed by atoms with E-state index in [0.717, 1.165) is 0 Å². The van der Waals surface area contributed by atoms with Gasteiger partial charge in [-0.1, -0.05) is 13.8 Å². The Kier molecular flexibility index (Phi) is 7.11. The van der Waals surface area contributed by atoms with Crippen LogP contribution < -0.4 is 11.1 Å². The van der Waals surface area contributed by atoms with Crippen molar-refractivity contribution < 1.29 is 20.1 Å². The molecular weight excluding hydrogens is 294 g/mol. The summed E-state index contributed by atoms with van der Waals surface area (Å²) in [5, 5.41) is 2.73. The van der Waals surface area contributed by atoms with E-state index in [2.05, 4.69) is 11.1 Å². The maximum atomic E-state index is 12.2. The highest BCUT2D eigenvalue weighted by Crippen LogP contribution is 2.12. The number of quaternary nitrogens is 1. The van der Waals surface area contributed by atoms with Gasteiger partial charge < -0.3 is 16.0 Å². The van der Waals surface area contributed by atoms with E-state index in [-0.39, 0.29) is 48.5 Å². The number of alkyl halides is 1. The number of halogens is 1. The van der Waals surface area contributed by atoms with Gasteiger partial charge in [-0.25, -0.2) is 0 Å². The second-order valence-corrected chi connectivity index (χ2v) is 6.24. The molecule has 2 atom stereocenters. The zero-order valence-corrected chi connectivity index (χ0v) is 13.5. The Hall–Kier alpha value is -1.14. The lowest BCUT2D eigenvalue weighted by atomic mass is 10.0. The van der Waals surface area contributed by atoms with Crippen LogP contribution in [-0.4, -0.2) is 54.1 Å². The summed E-state index contributed by atoms with van der Waals surface area (Å²) in [5.41, 5.74) is 3.86. The molecule has 1 saturated heterocycles. The van der Waals surface area contributed by atoms with Gasteiger partial charge in [0.25, 0.3) is 0 Å². The molecule has 6 nitrogen and oxygen atoms in total. The Morgan fingerprint density at radius 3 is 2.62 bits per heavy atom. The number of hydrogen-bond acceptors (Lipinski definition) is 3. The first kappa shape index (κ1) is 17.9. The SMILES string of the molecule is CC(C)C[C@H]([NH3+])C(=O)CN(C[C@@H]1CCNC1=O)C(=O)CCl. The molecule has 1 heterocycles. The molecule has 1 aliphatic heterocycles. The van der Waals surface area contributed by atoms with E-state index in [4.69, 9.17) is 11.6 Å². The Labute approximate surface area is 130 Å². The molecule has 0 spiro atoms. The quantitative estimate of drug-likeness (QED) is 0.586. The fraction of sp³-hybridized carbons (Fsp3) is 0.786. The number of hydrogen-bond donors (Lipinski definition) is 2. The summed E-state index contributed by atoms with van der Waals surface area (Å²) in [4.78, 5) is 37.0. The second-order valence-electron chi connectivity index (χ2n) is 5.98. The van der Waals surface area contributed by atoms with Crippen molar-refractivity contribution in [3.63, 3.8) is 0 Å². The fourth-order valence-corrected chi connectivity index (χ4v) is 2.61. The molecule has 0 aromatic carbocycles. The third-order valence-electron chi connectivity index (χ3n) is 3.63. The molecule has 1 fully saturated rings. The fourth-order valence-electron chi connectivity index (χ4n) is 2.44. The Balaban J connectivity index is 2.63. The number of carbonyl (C=O) groups excluding carboxylic acids is 3. The molecule has 120 valence electrons. The van der Waals surface area contributed by atoms with E-state index in [1.807, 2.05) is 13.8 Å². The highest BCUT2D eigenvalue weighted by atomic mass is 35.5. The zero-order chi connectivity index (χ0) is 16.0. The summed E-state index contributed by atoms with van der Waals surface area (Å²) < 4.78 is 0. The molecule has 0 aromatic rings. The Morgan fingerprint density at radius 1 is 1.48 bits per heavy atom. The topological polar surface area (TPSA) is 94.1 Å². The molecule has 1 aliphatic rings. The first-order valence-electron chi connectivity index (χ1n) is 7.32. The van der Waals surface area contributed by atoms with E-state index < -0.39 is 0 Å². The molecule has 1 rings (SSSR count). The highest BCUT2D eigenvalue weighted by Gasteiger charge is 2.30. The van der Waals surface area contributed by atoms with Crippen molar-refractivity contribution in [3.05, 3.63) is 0 Å². The third-order valence-corrected chi connectivity index (χ3v) is 3.86. The van der Waals surface area contributed by atoms with Gasteiger partial charge in [0.15, 0.2) is 0 Å². The minimum atomic E-state index is -0.340. The van der Waals surface area contributed by atoms with Gasteiger partial charge in [-0.05, 0) is 12.3 Å². The lowest BCUT2D eigenvalue weighted by Gasteiger charge is -2.24. The van der Waals surface area contributed by atoms with E-state index in [1.165, 1.54) is 4.90 Å². The number of rotatable bonds is 8. The standard InChI is InChI=1S/C14H24ClN3O3/c1-9(2)5-11(16)12(19)8-18(13(20)6-15)7-10-3-4-17-14(10)21/h9-11H,3-8,16H2,1-2H3,(H,17,21)/p+1/t10-,11-/m0/s1. The van der Waals surface area contributed by atoms with Gasteiger partial charge in [-0.3, -0.25) is 14.4 Å². The monoisotopic (exact) mass is 318 g/mol. The summed E-state index contributed by atoms with van der Waals surface area (Å²) in [6, 6.07) is -0.340. The van der Waals surface area contributed by atoms with Gasteiger partial charge >= 0.3 is 0 Å². The molecule has 4 N–H and O–H groups in total. The minimum absolute atomic E-state index is 0.0176. The number of Topliss-reactive ketones (excluding diaryl/α,β-unsaturated/α-hetero) is 1. The summed E-state index contributed by atoms with van der Waals surface area (Å²) in [5.74, 6) is -0.536. The summed E-state index contributed by atoms with van der Waals surface area (Å²) >= 11 is 5.60. The zero-order valence-electron chi connectivity index (χ0n) is 12.7.